The van der Waals surface area contributed by atoms with E-state index in [4.69, 9.17) is 17.2 Å². The molecule has 5 amide bonds. The molecule has 0 saturated carbocycles. The minimum absolute atomic E-state index is 0.0497. The summed E-state index contributed by atoms with van der Waals surface area (Å²) < 4.78 is 0. The lowest BCUT2D eigenvalue weighted by Gasteiger charge is -2.31. The van der Waals surface area contributed by atoms with Crippen molar-refractivity contribution in [3.05, 3.63) is 83.9 Å². The standard InChI is InChI=1S/C42H57N9O7/c1-25(2)22-33(38(54)47-26(3)36(52)48-32(41(57)58)18-10-20-46-42(44)45)49-39(55)35-19-11-21-51(35)40(56)34(24-29-16-9-15-28-14-7-8-17-30(28)29)50-37(53)31(43)23-27-12-5-4-6-13-27/h4-9,12-17,25-26,31-35H,10-11,18-24,43H2,1-3H3,(H,47,54)(H,48,52)(H,49,55)(H,50,53)(H,57,58)(H4,44,45,46)/t26-,31-,32-,33-,34-,35-/m0/s1. The molecule has 1 aliphatic heterocycles. The summed E-state index contributed by atoms with van der Waals surface area (Å²) >= 11 is 0. The summed E-state index contributed by atoms with van der Waals surface area (Å²) in [5, 5.41) is 22.3. The van der Waals surface area contributed by atoms with E-state index >= 15 is 0 Å². The maximum Gasteiger partial charge on any atom is 0.326 e. The number of carboxylic acids is 1. The van der Waals surface area contributed by atoms with E-state index in [0.717, 1.165) is 21.9 Å². The van der Waals surface area contributed by atoms with E-state index in [1.807, 2.05) is 86.6 Å². The Bertz CT molecular complexity index is 1930. The van der Waals surface area contributed by atoms with Crippen LogP contribution in [-0.2, 0) is 41.6 Å². The predicted octanol–water partition coefficient (Wildman–Crippen LogP) is 1.09. The van der Waals surface area contributed by atoms with Gasteiger partial charge in [-0.3, -0.25) is 29.0 Å². The number of hydrogen-bond donors (Lipinski definition) is 8. The van der Waals surface area contributed by atoms with Crippen molar-refractivity contribution in [2.45, 2.75) is 102 Å². The first-order valence-corrected chi connectivity index (χ1v) is 19.7. The topological polar surface area (TPSA) is 264 Å². The van der Waals surface area contributed by atoms with Crippen molar-refractivity contribution in [3.8, 4) is 0 Å². The van der Waals surface area contributed by atoms with Crippen LogP contribution in [0, 0.1) is 5.92 Å². The summed E-state index contributed by atoms with van der Waals surface area (Å²) in [5.74, 6) is -4.32. The van der Waals surface area contributed by atoms with Gasteiger partial charge in [0.05, 0.1) is 6.04 Å². The number of carboxylic acid groups (broad SMARTS) is 1. The smallest absolute Gasteiger partial charge is 0.326 e. The molecule has 3 aromatic rings. The van der Waals surface area contributed by atoms with E-state index < -0.39 is 71.8 Å². The highest BCUT2D eigenvalue weighted by molar-refractivity contribution is 5.97. The van der Waals surface area contributed by atoms with Crippen LogP contribution in [0.4, 0.5) is 0 Å². The monoisotopic (exact) mass is 799 g/mol. The summed E-state index contributed by atoms with van der Waals surface area (Å²) in [6, 6.07) is 16.4. The third kappa shape index (κ3) is 13.0. The van der Waals surface area contributed by atoms with Gasteiger partial charge in [0.1, 0.15) is 30.2 Å². The fourth-order valence-electron chi connectivity index (χ4n) is 7.04. The van der Waals surface area contributed by atoms with E-state index in [0.29, 0.717) is 12.8 Å². The molecule has 0 aromatic heterocycles. The molecule has 0 unspecified atom stereocenters. The first-order chi connectivity index (χ1) is 27.6. The van der Waals surface area contributed by atoms with Gasteiger partial charge in [-0.25, -0.2) is 4.79 Å². The second-order valence-corrected chi connectivity index (χ2v) is 15.2. The Morgan fingerprint density at radius 2 is 1.47 bits per heavy atom. The number of nitrogens with zero attached hydrogens (tertiary/aromatic N) is 2. The summed E-state index contributed by atoms with van der Waals surface area (Å²) in [4.78, 5) is 85.7. The molecule has 16 heteroatoms. The largest absolute Gasteiger partial charge is 0.480 e. The van der Waals surface area contributed by atoms with Gasteiger partial charge in [0.2, 0.25) is 29.5 Å². The first-order valence-electron chi connectivity index (χ1n) is 19.7. The molecule has 0 spiro atoms. The molecule has 0 aliphatic carbocycles. The molecule has 1 heterocycles. The number of benzene rings is 3. The van der Waals surface area contributed by atoms with Crippen LogP contribution in [0.2, 0.25) is 0 Å². The molecule has 11 N–H and O–H groups in total. The van der Waals surface area contributed by atoms with Crippen LogP contribution in [0.1, 0.15) is 64.0 Å². The van der Waals surface area contributed by atoms with Crippen LogP contribution in [0.3, 0.4) is 0 Å². The van der Waals surface area contributed by atoms with Crippen molar-refractivity contribution in [2.75, 3.05) is 13.1 Å². The highest BCUT2D eigenvalue weighted by Gasteiger charge is 2.40. The molecule has 0 radical (unpaired) electrons. The number of amides is 5. The van der Waals surface area contributed by atoms with Crippen LogP contribution in [0.15, 0.2) is 77.8 Å². The molecule has 1 saturated heterocycles. The lowest BCUT2D eigenvalue weighted by molar-refractivity contribution is -0.143. The van der Waals surface area contributed by atoms with Gasteiger partial charge in [-0.05, 0) is 73.3 Å². The van der Waals surface area contributed by atoms with Gasteiger partial charge in [-0.2, -0.15) is 0 Å². The number of carbonyl (C=O) groups excluding carboxylic acids is 5. The molecule has 312 valence electrons. The summed E-state index contributed by atoms with van der Waals surface area (Å²) in [5.41, 5.74) is 18.7. The summed E-state index contributed by atoms with van der Waals surface area (Å²) in [7, 11) is 0. The Morgan fingerprint density at radius 3 is 2.16 bits per heavy atom. The number of aliphatic imine (C=N–C) groups is 1. The van der Waals surface area contributed by atoms with Crippen molar-refractivity contribution >= 4 is 52.2 Å². The molecule has 4 rings (SSSR count). The zero-order chi connectivity index (χ0) is 42.4. The fraction of sp³-hybridized carbons (Fsp3) is 0.452. The number of fused-ring (bicyclic) bond motifs is 1. The van der Waals surface area contributed by atoms with E-state index in [2.05, 4.69) is 26.3 Å². The van der Waals surface area contributed by atoms with Gasteiger partial charge >= 0.3 is 5.97 Å². The maximum atomic E-state index is 14.5. The van der Waals surface area contributed by atoms with Crippen molar-refractivity contribution < 1.29 is 33.9 Å². The highest BCUT2D eigenvalue weighted by Crippen LogP contribution is 2.24. The number of carbonyl (C=O) groups is 6. The summed E-state index contributed by atoms with van der Waals surface area (Å²) in [6.45, 7) is 5.59. The zero-order valence-corrected chi connectivity index (χ0v) is 33.4. The van der Waals surface area contributed by atoms with Gasteiger partial charge in [0, 0.05) is 19.5 Å². The van der Waals surface area contributed by atoms with Gasteiger partial charge in [-0.1, -0.05) is 86.6 Å². The number of nitrogens with one attached hydrogen (secondary N) is 4. The number of hydrogen-bond acceptors (Lipinski definition) is 8. The molecule has 16 nitrogen and oxygen atoms in total. The second kappa shape index (κ2) is 21.5. The minimum Gasteiger partial charge on any atom is -0.480 e. The number of likely N-dealkylation sites (tertiary alicyclic amines) is 1. The second-order valence-electron chi connectivity index (χ2n) is 15.2. The van der Waals surface area contributed by atoms with Crippen molar-refractivity contribution in [2.24, 2.45) is 28.1 Å². The molecular formula is C42H57N9O7. The molecule has 3 aromatic carbocycles. The number of aliphatic carboxylic acids is 1. The third-order valence-electron chi connectivity index (χ3n) is 10.0. The van der Waals surface area contributed by atoms with Crippen molar-refractivity contribution in [1.82, 2.24) is 26.2 Å². The van der Waals surface area contributed by atoms with Crippen LogP contribution in [0.5, 0.6) is 0 Å². The van der Waals surface area contributed by atoms with Crippen LogP contribution >= 0.6 is 0 Å². The van der Waals surface area contributed by atoms with Gasteiger partial charge in [0.25, 0.3) is 0 Å². The average molecular weight is 800 g/mol. The predicted molar refractivity (Wildman–Crippen MR) is 221 cm³/mol. The average Bonchev–Trinajstić information content (AvgIpc) is 3.68. The molecular weight excluding hydrogens is 743 g/mol. The molecule has 6 atom stereocenters. The SMILES string of the molecule is CC(C)C[C@H](NC(=O)[C@@H]1CCCN1C(=O)[C@H](Cc1cccc2ccccc12)NC(=O)[C@@H](N)Cc1ccccc1)C(=O)N[C@@H](C)C(=O)N[C@@H](CCCN=C(N)N)C(=O)O. The zero-order valence-electron chi connectivity index (χ0n) is 33.4. The molecule has 0 bridgehead atoms. The third-order valence-corrected chi connectivity index (χ3v) is 10.0. The molecule has 1 fully saturated rings. The minimum atomic E-state index is -1.26. The fourth-order valence-corrected chi connectivity index (χ4v) is 7.04. The Kier molecular flexibility index (Phi) is 16.5. The van der Waals surface area contributed by atoms with E-state index in [1.165, 1.54) is 11.8 Å². The maximum absolute atomic E-state index is 14.5. The molecule has 1 aliphatic rings. The molecule has 58 heavy (non-hydrogen) atoms. The Balaban J connectivity index is 1.48. The van der Waals surface area contributed by atoms with E-state index in [1.54, 1.807) is 0 Å². The van der Waals surface area contributed by atoms with Gasteiger partial charge in [-0.15, -0.1) is 0 Å². The highest BCUT2D eigenvalue weighted by atomic mass is 16.4. The lowest BCUT2D eigenvalue weighted by atomic mass is 9.97. The first kappa shape index (κ1) is 44.7. The normalized spacial score (nSPS) is 16.4. The Labute approximate surface area is 338 Å². The van der Waals surface area contributed by atoms with Gasteiger partial charge in [0.15, 0.2) is 5.96 Å². The Hall–Kier alpha value is -6.03. The van der Waals surface area contributed by atoms with Crippen LogP contribution < -0.4 is 38.5 Å². The summed E-state index contributed by atoms with van der Waals surface area (Å²) in [6.07, 6.45) is 1.80. The Morgan fingerprint density at radius 1 is 0.793 bits per heavy atom. The quantitative estimate of drug-likeness (QED) is 0.0458. The lowest BCUT2D eigenvalue weighted by Crippen LogP contribution is -2.59. The van der Waals surface area contributed by atoms with Crippen LogP contribution in [0.25, 0.3) is 10.8 Å². The number of nitrogens with two attached hydrogens (primary N) is 3. The van der Waals surface area contributed by atoms with Crippen molar-refractivity contribution in [3.63, 3.8) is 0 Å². The van der Waals surface area contributed by atoms with E-state index in [-0.39, 0.29) is 57.1 Å². The number of guanidine groups is 1. The van der Waals surface area contributed by atoms with E-state index in [9.17, 15) is 33.9 Å². The van der Waals surface area contributed by atoms with Gasteiger partial charge < -0.3 is 48.5 Å². The number of rotatable bonds is 20. The van der Waals surface area contributed by atoms with Crippen molar-refractivity contribution in [1.29, 1.82) is 0 Å². The van der Waals surface area contributed by atoms with Crippen LogP contribution in [-0.4, -0.2) is 101 Å².